The standard InChI is InChI=1S/C17H15FN2O2/c1-22-14-4-2-3-13(9-14)20-17(21)7-11-10-19-16-6-5-12(18)8-15(11)16/h2-6,8-10,19H,7H2,1H3,(H,20,21). The Morgan fingerprint density at radius 3 is 2.95 bits per heavy atom. The van der Waals surface area contributed by atoms with Crippen molar-refractivity contribution >= 4 is 22.5 Å². The van der Waals surface area contributed by atoms with Crippen molar-refractivity contribution in [2.24, 2.45) is 0 Å². The number of nitrogens with one attached hydrogen (secondary N) is 2. The van der Waals surface area contributed by atoms with E-state index >= 15 is 0 Å². The van der Waals surface area contributed by atoms with Gasteiger partial charge in [-0.3, -0.25) is 4.79 Å². The molecule has 112 valence electrons. The van der Waals surface area contributed by atoms with Crippen LogP contribution in [0, 0.1) is 5.82 Å². The predicted molar refractivity (Wildman–Crippen MR) is 83.6 cm³/mol. The normalized spacial score (nSPS) is 10.6. The molecule has 4 nitrogen and oxygen atoms in total. The molecule has 0 saturated carbocycles. The van der Waals surface area contributed by atoms with Gasteiger partial charge in [-0.2, -0.15) is 0 Å². The van der Waals surface area contributed by atoms with E-state index in [0.29, 0.717) is 11.4 Å². The summed E-state index contributed by atoms with van der Waals surface area (Å²) < 4.78 is 18.4. The Morgan fingerprint density at radius 2 is 2.14 bits per heavy atom. The molecular formula is C17H15FN2O2. The van der Waals surface area contributed by atoms with Crippen LogP contribution in [0.1, 0.15) is 5.56 Å². The largest absolute Gasteiger partial charge is 0.497 e. The van der Waals surface area contributed by atoms with Crippen LogP contribution in [0.4, 0.5) is 10.1 Å². The lowest BCUT2D eigenvalue weighted by atomic mass is 10.1. The van der Waals surface area contributed by atoms with Crippen LogP contribution in [0.5, 0.6) is 5.75 Å². The molecule has 0 atom stereocenters. The van der Waals surface area contributed by atoms with Crippen molar-refractivity contribution in [3.8, 4) is 5.75 Å². The van der Waals surface area contributed by atoms with Gasteiger partial charge in [0.2, 0.25) is 5.91 Å². The smallest absolute Gasteiger partial charge is 0.228 e. The molecule has 0 saturated heterocycles. The fraction of sp³-hybridized carbons (Fsp3) is 0.118. The zero-order chi connectivity index (χ0) is 15.5. The van der Waals surface area contributed by atoms with Gasteiger partial charge in [-0.05, 0) is 35.9 Å². The molecule has 1 amide bonds. The molecule has 1 heterocycles. The first-order valence-electron chi connectivity index (χ1n) is 6.85. The quantitative estimate of drug-likeness (QED) is 0.774. The molecule has 0 aliphatic carbocycles. The maximum absolute atomic E-state index is 13.3. The molecule has 0 spiro atoms. The molecule has 0 radical (unpaired) electrons. The van der Waals surface area contributed by atoms with Crippen molar-refractivity contribution in [1.82, 2.24) is 4.98 Å². The van der Waals surface area contributed by atoms with Crippen LogP contribution in [0.3, 0.4) is 0 Å². The number of fused-ring (bicyclic) bond motifs is 1. The summed E-state index contributed by atoms with van der Waals surface area (Å²) in [6.07, 6.45) is 1.90. The highest BCUT2D eigenvalue weighted by atomic mass is 19.1. The van der Waals surface area contributed by atoms with Crippen LogP contribution in [0.2, 0.25) is 0 Å². The fourth-order valence-electron chi connectivity index (χ4n) is 2.38. The van der Waals surface area contributed by atoms with Crippen LogP contribution >= 0.6 is 0 Å². The summed E-state index contributed by atoms with van der Waals surface area (Å²) in [5, 5.41) is 3.53. The number of anilines is 1. The van der Waals surface area contributed by atoms with Crippen molar-refractivity contribution < 1.29 is 13.9 Å². The Kier molecular flexibility index (Phi) is 3.78. The molecule has 0 unspecified atom stereocenters. The van der Waals surface area contributed by atoms with Crippen molar-refractivity contribution in [1.29, 1.82) is 0 Å². The minimum absolute atomic E-state index is 0.167. The molecular weight excluding hydrogens is 283 g/mol. The SMILES string of the molecule is COc1cccc(NC(=O)Cc2c[nH]c3ccc(F)cc23)c1. The Labute approximate surface area is 126 Å². The Hall–Kier alpha value is -2.82. The van der Waals surface area contributed by atoms with E-state index in [-0.39, 0.29) is 18.1 Å². The second-order valence-electron chi connectivity index (χ2n) is 4.96. The van der Waals surface area contributed by atoms with Crippen LogP contribution in [-0.2, 0) is 11.2 Å². The predicted octanol–water partition coefficient (Wildman–Crippen LogP) is 3.50. The van der Waals surface area contributed by atoms with Gasteiger partial charge in [-0.15, -0.1) is 0 Å². The van der Waals surface area contributed by atoms with E-state index in [1.165, 1.54) is 12.1 Å². The third kappa shape index (κ3) is 2.93. The molecule has 5 heteroatoms. The fourth-order valence-corrected chi connectivity index (χ4v) is 2.38. The van der Waals surface area contributed by atoms with E-state index in [9.17, 15) is 9.18 Å². The molecule has 1 aromatic heterocycles. The number of hydrogen-bond donors (Lipinski definition) is 2. The van der Waals surface area contributed by atoms with Crippen LogP contribution in [0.25, 0.3) is 10.9 Å². The van der Waals surface area contributed by atoms with E-state index in [1.807, 2.05) is 0 Å². The molecule has 0 aliphatic rings. The summed E-state index contributed by atoms with van der Waals surface area (Å²) >= 11 is 0. The van der Waals surface area contributed by atoms with Gasteiger partial charge < -0.3 is 15.0 Å². The molecule has 0 bridgehead atoms. The zero-order valence-electron chi connectivity index (χ0n) is 12.0. The first kappa shape index (κ1) is 14.1. The second kappa shape index (κ2) is 5.89. The first-order valence-corrected chi connectivity index (χ1v) is 6.85. The van der Waals surface area contributed by atoms with Gasteiger partial charge in [0, 0.05) is 28.9 Å². The maximum atomic E-state index is 13.3. The number of hydrogen-bond acceptors (Lipinski definition) is 2. The van der Waals surface area contributed by atoms with Gasteiger partial charge in [0.05, 0.1) is 13.5 Å². The van der Waals surface area contributed by atoms with Gasteiger partial charge in [-0.1, -0.05) is 6.07 Å². The average Bonchev–Trinajstić information content (AvgIpc) is 2.89. The van der Waals surface area contributed by atoms with Gasteiger partial charge in [0.15, 0.2) is 0 Å². The number of carbonyl (C=O) groups is 1. The van der Waals surface area contributed by atoms with E-state index in [0.717, 1.165) is 16.5 Å². The molecule has 3 rings (SSSR count). The minimum atomic E-state index is -0.318. The monoisotopic (exact) mass is 298 g/mol. The molecule has 3 aromatic rings. The molecule has 0 fully saturated rings. The molecule has 22 heavy (non-hydrogen) atoms. The highest BCUT2D eigenvalue weighted by molar-refractivity contribution is 5.95. The lowest BCUT2D eigenvalue weighted by molar-refractivity contribution is -0.115. The second-order valence-corrected chi connectivity index (χ2v) is 4.96. The highest BCUT2D eigenvalue weighted by Gasteiger charge is 2.10. The summed E-state index contributed by atoms with van der Waals surface area (Å²) in [7, 11) is 1.57. The number of rotatable bonds is 4. The van der Waals surface area contributed by atoms with Gasteiger partial charge in [-0.25, -0.2) is 4.39 Å². The number of carbonyl (C=O) groups excluding carboxylic acids is 1. The van der Waals surface area contributed by atoms with Crippen molar-refractivity contribution in [3.63, 3.8) is 0 Å². The summed E-state index contributed by atoms with van der Waals surface area (Å²) in [5.74, 6) is 0.187. The third-order valence-electron chi connectivity index (χ3n) is 3.43. The van der Waals surface area contributed by atoms with Crippen LogP contribution in [-0.4, -0.2) is 18.0 Å². The van der Waals surface area contributed by atoms with Crippen molar-refractivity contribution in [2.75, 3.05) is 12.4 Å². The van der Waals surface area contributed by atoms with Crippen molar-refractivity contribution in [2.45, 2.75) is 6.42 Å². The summed E-state index contributed by atoms with van der Waals surface area (Å²) in [5.41, 5.74) is 2.23. The summed E-state index contributed by atoms with van der Waals surface area (Å²) in [6.45, 7) is 0. The van der Waals surface area contributed by atoms with E-state index in [4.69, 9.17) is 4.74 Å². The number of H-pyrrole nitrogens is 1. The number of aromatic amines is 1. The third-order valence-corrected chi connectivity index (χ3v) is 3.43. The van der Waals surface area contributed by atoms with E-state index in [1.54, 1.807) is 43.6 Å². The lowest BCUT2D eigenvalue weighted by Crippen LogP contribution is -2.14. The maximum Gasteiger partial charge on any atom is 0.228 e. The Morgan fingerprint density at radius 1 is 1.27 bits per heavy atom. The number of aromatic nitrogens is 1. The molecule has 0 aliphatic heterocycles. The lowest BCUT2D eigenvalue weighted by Gasteiger charge is -2.06. The number of methoxy groups -OCH3 is 1. The molecule has 2 aromatic carbocycles. The summed E-state index contributed by atoms with van der Waals surface area (Å²) in [4.78, 5) is 15.2. The van der Waals surface area contributed by atoms with Gasteiger partial charge >= 0.3 is 0 Å². The Balaban J connectivity index is 1.76. The highest BCUT2D eigenvalue weighted by Crippen LogP contribution is 2.21. The number of amides is 1. The molecule has 2 N–H and O–H groups in total. The van der Waals surface area contributed by atoms with Crippen LogP contribution < -0.4 is 10.1 Å². The van der Waals surface area contributed by atoms with E-state index < -0.39 is 0 Å². The van der Waals surface area contributed by atoms with Gasteiger partial charge in [0.1, 0.15) is 11.6 Å². The average molecular weight is 298 g/mol. The van der Waals surface area contributed by atoms with Crippen molar-refractivity contribution in [3.05, 3.63) is 60.0 Å². The topological polar surface area (TPSA) is 54.1 Å². The number of ether oxygens (including phenoxy) is 1. The Bertz CT molecular complexity index is 826. The summed E-state index contributed by atoms with van der Waals surface area (Å²) in [6, 6.07) is 11.6. The minimum Gasteiger partial charge on any atom is -0.497 e. The van der Waals surface area contributed by atoms with E-state index in [2.05, 4.69) is 10.3 Å². The number of halogens is 1. The first-order chi connectivity index (χ1) is 10.7. The van der Waals surface area contributed by atoms with Gasteiger partial charge in [0.25, 0.3) is 0 Å². The van der Waals surface area contributed by atoms with Crippen LogP contribution in [0.15, 0.2) is 48.7 Å². The number of benzene rings is 2. The zero-order valence-corrected chi connectivity index (χ0v) is 12.0.